The van der Waals surface area contributed by atoms with Gasteiger partial charge in [0.1, 0.15) is 5.82 Å². The zero-order chi connectivity index (χ0) is 20.5. The number of H-pyrrole nitrogens is 1. The van der Waals surface area contributed by atoms with Crippen molar-refractivity contribution >= 4 is 33.1 Å². The zero-order valence-electron chi connectivity index (χ0n) is 17.6. The second kappa shape index (κ2) is 7.72. The van der Waals surface area contributed by atoms with E-state index in [0.717, 1.165) is 32.3 Å². The van der Waals surface area contributed by atoms with Gasteiger partial charge in [-0.25, -0.2) is 4.98 Å². The second-order valence-electron chi connectivity index (χ2n) is 9.05. The third-order valence-electron chi connectivity index (χ3n) is 5.19. The molecule has 0 aromatic carbocycles. The zero-order valence-corrected chi connectivity index (χ0v) is 18.4. The van der Waals surface area contributed by atoms with Crippen LogP contribution in [0.25, 0.3) is 20.8 Å². The van der Waals surface area contributed by atoms with Gasteiger partial charge >= 0.3 is 0 Å². The van der Waals surface area contributed by atoms with E-state index in [1.165, 1.54) is 0 Å². The van der Waals surface area contributed by atoms with Gasteiger partial charge in [0.05, 0.1) is 33.1 Å². The van der Waals surface area contributed by atoms with Gasteiger partial charge in [-0.15, -0.1) is 11.3 Å². The van der Waals surface area contributed by atoms with Crippen LogP contribution in [0.5, 0.6) is 0 Å². The van der Waals surface area contributed by atoms with Gasteiger partial charge in [0, 0.05) is 29.8 Å². The molecule has 6 nitrogen and oxygen atoms in total. The van der Waals surface area contributed by atoms with Gasteiger partial charge in [-0.3, -0.25) is 5.10 Å². The minimum Gasteiger partial charge on any atom is -0.396 e. The molecule has 152 valence electrons. The van der Waals surface area contributed by atoms with Gasteiger partial charge in [0.25, 0.3) is 0 Å². The van der Waals surface area contributed by atoms with Crippen molar-refractivity contribution in [2.45, 2.75) is 47.1 Å². The molecule has 3 aromatic heterocycles. The summed E-state index contributed by atoms with van der Waals surface area (Å²) in [5.41, 5.74) is 2.69. The average molecular weight is 402 g/mol. The summed E-state index contributed by atoms with van der Waals surface area (Å²) in [5, 5.41) is 24.1. The van der Waals surface area contributed by atoms with Crippen LogP contribution >= 0.6 is 11.3 Å². The Morgan fingerprint density at radius 2 is 1.96 bits per heavy atom. The van der Waals surface area contributed by atoms with E-state index in [2.05, 4.69) is 74.5 Å². The van der Waals surface area contributed by atoms with Crippen molar-refractivity contribution in [2.24, 2.45) is 11.3 Å². The Hall–Kier alpha value is -2.12. The standard InChI is InChI=1S/C21H31N5OS/c1-13(2)21(6,12-27)11-22-15-10-18(25-20(3,4)5)24-16-9-17(28-19(15)16)14-7-8-23-26-14/h7-10,13,27H,11-12H2,1-6H3,(H,23,26)(H2,22,24,25). The number of anilines is 2. The Labute approximate surface area is 170 Å². The number of nitrogens with zero attached hydrogens (tertiary/aromatic N) is 2. The van der Waals surface area contributed by atoms with Crippen LogP contribution in [0.3, 0.4) is 0 Å². The van der Waals surface area contributed by atoms with E-state index in [-0.39, 0.29) is 17.6 Å². The third-order valence-corrected chi connectivity index (χ3v) is 6.38. The molecule has 0 saturated carbocycles. The number of nitrogens with one attached hydrogen (secondary N) is 3. The fraction of sp³-hybridized carbons (Fsp3) is 0.524. The molecule has 0 aliphatic carbocycles. The molecule has 0 saturated heterocycles. The maximum absolute atomic E-state index is 9.91. The number of thiophene rings is 1. The van der Waals surface area contributed by atoms with Crippen LogP contribution < -0.4 is 10.6 Å². The first-order valence-electron chi connectivity index (χ1n) is 9.68. The molecule has 0 fully saturated rings. The largest absolute Gasteiger partial charge is 0.396 e. The topological polar surface area (TPSA) is 85.9 Å². The molecule has 0 spiro atoms. The van der Waals surface area contributed by atoms with Crippen molar-refractivity contribution in [3.63, 3.8) is 0 Å². The van der Waals surface area contributed by atoms with Gasteiger partial charge in [-0.2, -0.15) is 5.10 Å². The van der Waals surface area contributed by atoms with Gasteiger partial charge in [0.2, 0.25) is 0 Å². The number of aliphatic hydroxyl groups excluding tert-OH is 1. The average Bonchev–Trinajstić information content (AvgIpc) is 3.26. The number of aromatic amines is 1. The van der Waals surface area contributed by atoms with Crippen molar-refractivity contribution in [1.82, 2.24) is 15.2 Å². The van der Waals surface area contributed by atoms with Crippen molar-refractivity contribution in [3.05, 3.63) is 24.4 Å². The molecule has 0 aliphatic heterocycles. The summed E-state index contributed by atoms with van der Waals surface area (Å²) in [6, 6.07) is 6.13. The predicted molar refractivity (Wildman–Crippen MR) is 119 cm³/mol. The quantitative estimate of drug-likeness (QED) is 0.449. The van der Waals surface area contributed by atoms with Crippen LogP contribution in [0.15, 0.2) is 24.4 Å². The molecule has 7 heteroatoms. The van der Waals surface area contributed by atoms with E-state index in [0.29, 0.717) is 12.5 Å². The molecule has 1 atom stereocenters. The molecular weight excluding hydrogens is 370 g/mol. The minimum absolute atomic E-state index is 0.0856. The molecule has 0 bridgehead atoms. The Kier molecular flexibility index (Phi) is 5.68. The van der Waals surface area contributed by atoms with Gasteiger partial charge in [-0.1, -0.05) is 20.8 Å². The normalized spacial score (nSPS) is 14.4. The lowest BCUT2D eigenvalue weighted by atomic mass is 9.80. The molecule has 0 radical (unpaired) electrons. The Balaban J connectivity index is 2.02. The number of hydrogen-bond donors (Lipinski definition) is 4. The Morgan fingerprint density at radius 3 is 2.54 bits per heavy atom. The first-order chi connectivity index (χ1) is 13.1. The van der Waals surface area contributed by atoms with Crippen LogP contribution in [-0.2, 0) is 0 Å². The maximum Gasteiger partial charge on any atom is 0.129 e. The van der Waals surface area contributed by atoms with E-state index < -0.39 is 0 Å². The van der Waals surface area contributed by atoms with Gasteiger partial charge in [-0.05, 0) is 38.8 Å². The van der Waals surface area contributed by atoms with Gasteiger partial charge in [0.15, 0.2) is 0 Å². The minimum atomic E-state index is -0.198. The Bertz CT molecular complexity index is 926. The van der Waals surface area contributed by atoms with E-state index in [4.69, 9.17) is 4.98 Å². The summed E-state index contributed by atoms with van der Waals surface area (Å²) in [7, 11) is 0. The molecule has 1 unspecified atom stereocenters. The highest BCUT2D eigenvalue weighted by Gasteiger charge is 2.28. The van der Waals surface area contributed by atoms with Crippen LogP contribution in [0.1, 0.15) is 41.5 Å². The number of aromatic nitrogens is 3. The van der Waals surface area contributed by atoms with E-state index in [1.807, 2.05) is 6.07 Å². The fourth-order valence-electron chi connectivity index (χ4n) is 2.87. The summed E-state index contributed by atoms with van der Waals surface area (Å²) in [5.74, 6) is 1.20. The smallest absolute Gasteiger partial charge is 0.129 e. The SMILES string of the molecule is CC(C)C(C)(CO)CNc1cc(NC(C)(C)C)nc2cc(-c3ccn[nH]3)sc12. The molecule has 3 aromatic rings. The van der Waals surface area contributed by atoms with Crippen LogP contribution in [0.2, 0.25) is 0 Å². The Morgan fingerprint density at radius 1 is 1.21 bits per heavy atom. The summed E-state index contributed by atoms with van der Waals surface area (Å²) in [6.45, 7) is 13.6. The lowest BCUT2D eigenvalue weighted by Gasteiger charge is -2.32. The highest BCUT2D eigenvalue weighted by Crippen LogP contribution is 2.38. The molecule has 0 aliphatic rings. The number of rotatable bonds is 7. The predicted octanol–water partition coefficient (Wildman–Crippen LogP) is 4.96. The third kappa shape index (κ3) is 4.47. The van der Waals surface area contributed by atoms with E-state index >= 15 is 0 Å². The van der Waals surface area contributed by atoms with Crippen molar-refractivity contribution < 1.29 is 5.11 Å². The summed E-state index contributed by atoms with van der Waals surface area (Å²) in [6.07, 6.45) is 1.76. The summed E-state index contributed by atoms with van der Waals surface area (Å²) in [4.78, 5) is 5.93. The van der Waals surface area contributed by atoms with Crippen LogP contribution in [-0.4, -0.2) is 39.0 Å². The molecule has 4 N–H and O–H groups in total. The monoisotopic (exact) mass is 401 g/mol. The maximum atomic E-state index is 9.91. The fourth-order valence-corrected chi connectivity index (χ4v) is 3.93. The number of fused-ring (bicyclic) bond motifs is 1. The first kappa shape index (κ1) is 20.6. The summed E-state index contributed by atoms with van der Waals surface area (Å²) >= 11 is 1.69. The molecule has 0 amide bonds. The van der Waals surface area contributed by atoms with Gasteiger partial charge < -0.3 is 15.7 Å². The molecule has 3 heterocycles. The van der Waals surface area contributed by atoms with Crippen molar-refractivity contribution in [3.8, 4) is 10.6 Å². The molecule has 3 rings (SSSR count). The first-order valence-corrected chi connectivity index (χ1v) is 10.5. The number of pyridine rings is 1. The van der Waals surface area contributed by atoms with Crippen molar-refractivity contribution in [2.75, 3.05) is 23.8 Å². The second-order valence-corrected chi connectivity index (χ2v) is 10.1. The highest BCUT2D eigenvalue weighted by atomic mass is 32.1. The lowest BCUT2D eigenvalue weighted by molar-refractivity contribution is 0.107. The molecular formula is C21H31N5OS. The van der Waals surface area contributed by atoms with Crippen LogP contribution in [0, 0.1) is 11.3 Å². The van der Waals surface area contributed by atoms with E-state index in [9.17, 15) is 5.11 Å². The molecule has 28 heavy (non-hydrogen) atoms. The van der Waals surface area contributed by atoms with E-state index in [1.54, 1.807) is 17.5 Å². The lowest BCUT2D eigenvalue weighted by Crippen LogP contribution is -2.35. The van der Waals surface area contributed by atoms with Crippen molar-refractivity contribution in [1.29, 1.82) is 0 Å². The highest BCUT2D eigenvalue weighted by molar-refractivity contribution is 7.22. The summed E-state index contributed by atoms with van der Waals surface area (Å²) < 4.78 is 1.10. The number of hydrogen-bond acceptors (Lipinski definition) is 6. The van der Waals surface area contributed by atoms with Crippen LogP contribution in [0.4, 0.5) is 11.5 Å². The number of aliphatic hydroxyl groups is 1.